The molecule has 2 unspecified atom stereocenters. The van der Waals surface area contributed by atoms with Gasteiger partial charge >= 0.3 is 6.18 Å². The molecule has 0 aromatic carbocycles. The first-order valence-corrected chi connectivity index (χ1v) is 6.14. The fraction of sp³-hybridized carbons (Fsp3) is 0.538. The van der Waals surface area contributed by atoms with Gasteiger partial charge in [0.2, 0.25) is 0 Å². The highest BCUT2D eigenvalue weighted by molar-refractivity contribution is 5.94. The molecule has 1 amide bonds. The van der Waals surface area contributed by atoms with Gasteiger partial charge in [-0.25, -0.2) is 0 Å². The summed E-state index contributed by atoms with van der Waals surface area (Å²) >= 11 is 0. The van der Waals surface area contributed by atoms with Crippen molar-refractivity contribution in [2.24, 2.45) is 5.41 Å². The third-order valence-electron chi connectivity index (χ3n) is 3.84. The van der Waals surface area contributed by atoms with Crippen LogP contribution in [0.25, 0.3) is 0 Å². The second-order valence-corrected chi connectivity index (χ2v) is 5.53. The van der Waals surface area contributed by atoms with E-state index in [4.69, 9.17) is 0 Å². The molecule has 2 N–H and O–H groups in total. The average Bonchev–Trinajstić information content (AvgIpc) is 2.37. The van der Waals surface area contributed by atoms with Gasteiger partial charge in [0.1, 0.15) is 5.69 Å². The Morgan fingerprint density at radius 3 is 2.50 bits per heavy atom. The van der Waals surface area contributed by atoms with E-state index in [0.29, 0.717) is 6.42 Å². The molecule has 4 nitrogen and oxygen atoms in total. The molecule has 0 saturated heterocycles. The molecule has 110 valence electrons. The molecule has 1 saturated carbocycles. The van der Waals surface area contributed by atoms with E-state index in [9.17, 15) is 23.1 Å². The largest absolute Gasteiger partial charge is 0.433 e. The molecule has 1 fully saturated rings. The maximum Gasteiger partial charge on any atom is 0.433 e. The zero-order chi connectivity index (χ0) is 15.1. The Labute approximate surface area is 114 Å². The first-order valence-electron chi connectivity index (χ1n) is 6.14. The van der Waals surface area contributed by atoms with Gasteiger partial charge in [0.15, 0.2) is 0 Å². The number of nitrogens with zero attached hydrogens (tertiary/aromatic N) is 1. The number of nitrogens with one attached hydrogen (secondary N) is 1. The van der Waals surface area contributed by atoms with E-state index < -0.39 is 29.3 Å². The summed E-state index contributed by atoms with van der Waals surface area (Å²) in [6.45, 7) is 3.63. The number of carbonyl (C=O) groups is 1. The number of aromatic nitrogens is 1. The van der Waals surface area contributed by atoms with Crippen molar-refractivity contribution in [3.05, 3.63) is 29.6 Å². The summed E-state index contributed by atoms with van der Waals surface area (Å²) in [5, 5.41) is 12.3. The first kappa shape index (κ1) is 14.8. The highest BCUT2D eigenvalue weighted by Crippen LogP contribution is 2.40. The monoisotopic (exact) mass is 288 g/mol. The molecular weight excluding hydrogens is 273 g/mol. The van der Waals surface area contributed by atoms with E-state index in [2.05, 4.69) is 10.3 Å². The Morgan fingerprint density at radius 2 is 2.10 bits per heavy atom. The molecule has 0 radical (unpaired) electrons. The maximum absolute atomic E-state index is 12.3. The molecule has 2 atom stereocenters. The summed E-state index contributed by atoms with van der Waals surface area (Å²) in [4.78, 5) is 15.1. The molecule has 7 heteroatoms. The van der Waals surface area contributed by atoms with Crippen LogP contribution in [0.3, 0.4) is 0 Å². The van der Waals surface area contributed by atoms with E-state index in [-0.39, 0.29) is 11.6 Å². The summed E-state index contributed by atoms with van der Waals surface area (Å²) in [7, 11) is 0. The maximum atomic E-state index is 12.3. The van der Waals surface area contributed by atoms with Crippen molar-refractivity contribution in [2.45, 2.75) is 38.6 Å². The molecule has 1 aliphatic carbocycles. The van der Waals surface area contributed by atoms with Gasteiger partial charge in [0, 0.05) is 17.7 Å². The van der Waals surface area contributed by atoms with E-state index in [1.165, 1.54) is 0 Å². The van der Waals surface area contributed by atoms with Gasteiger partial charge in [-0.3, -0.25) is 9.78 Å². The Balaban J connectivity index is 2.04. The minimum absolute atomic E-state index is 0.0650. The second kappa shape index (κ2) is 4.73. The minimum atomic E-state index is -4.52. The normalized spacial score (nSPS) is 24.9. The number of hydrogen-bond donors (Lipinski definition) is 2. The molecule has 1 aromatic rings. The summed E-state index contributed by atoms with van der Waals surface area (Å²) in [6, 6.07) is 1.66. The fourth-order valence-corrected chi connectivity index (χ4v) is 2.08. The smallest absolute Gasteiger partial charge is 0.392 e. The van der Waals surface area contributed by atoms with Crippen molar-refractivity contribution in [1.82, 2.24) is 10.3 Å². The predicted molar refractivity (Wildman–Crippen MR) is 64.9 cm³/mol. The number of hydrogen-bond acceptors (Lipinski definition) is 3. The summed E-state index contributed by atoms with van der Waals surface area (Å²) in [6.07, 6.45) is -3.67. The third kappa shape index (κ3) is 2.63. The van der Waals surface area contributed by atoms with Crippen LogP contribution in [0.15, 0.2) is 18.3 Å². The summed E-state index contributed by atoms with van der Waals surface area (Å²) in [5.41, 5.74) is -1.40. The Kier molecular flexibility index (Phi) is 3.49. The fourth-order valence-electron chi connectivity index (χ4n) is 2.08. The summed E-state index contributed by atoms with van der Waals surface area (Å²) < 4.78 is 37.0. The number of alkyl halides is 3. The lowest BCUT2D eigenvalue weighted by Crippen LogP contribution is -2.61. The van der Waals surface area contributed by atoms with Gasteiger partial charge < -0.3 is 10.4 Å². The predicted octanol–water partition coefficient (Wildman–Crippen LogP) is 1.99. The van der Waals surface area contributed by atoms with Gasteiger partial charge in [0.05, 0.1) is 11.7 Å². The SMILES string of the molecule is CC1(C)C(O)CC1NC(=O)c1ccc(C(F)(F)F)nc1. The topological polar surface area (TPSA) is 62.2 Å². The van der Waals surface area contributed by atoms with Crippen LogP contribution in [0.2, 0.25) is 0 Å². The number of carbonyl (C=O) groups excluding carboxylic acids is 1. The van der Waals surface area contributed by atoms with Crippen molar-refractivity contribution in [3.63, 3.8) is 0 Å². The molecule has 1 heterocycles. The molecular formula is C13H15F3N2O2. The van der Waals surface area contributed by atoms with Crippen LogP contribution in [0, 0.1) is 5.41 Å². The van der Waals surface area contributed by atoms with Gasteiger partial charge in [-0.05, 0) is 18.6 Å². The highest BCUT2D eigenvalue weighted by atomic mass is 19.4. The van der Waals surface area contributed by atoms with E-state index >= 15 is 0 Å². The van der Waals surface area contributed by atoms with Crippen molar-refractivity contribution in [1.29, 1.82) is 0 Å². The van der Waals surface area contributed by atoms with Gasteiger partial charge in [0.25, 0.3) is 5.91 Å². The number of halogens is 3. The molecule has 0 aliphatic heterocycles. The lowest BCUT2D eigenvalue weighted by molar-refractivity contribution is -0.141. The summed E-state index contributed by atoms with van der Waals surface area (Å²) in [5.74, 6) is -0.490. The van der Waals surface area contributed by atoms with Gasteiger partial charge in [-0.1, -0.05) is 13.8 Å². The van der Waals surface area contributed by atoms with Crippen LogP contribution in [-0.4, -0.2) is 28.1 Å². The lowest BCUT2D eigenvalue weighted by Gasteiger charge is -2.49. The van der Waals surface area contributed by atoms with Gasteiger partial charge in [-0.2, -0.15) is 13.2 Å². The average molecular weight is 288 g/mol. The highest BCUT2D eigenvalue weighted by Gasteiger charge is 2.48. The number of aliphatic hydroxyl groups is 1. The van der Waals surface area contributed by atoms with Crippen molar-refractivity contribution < 1.29 is 23.1 Å². The molecule has 0 bridgehead atoms. The number of pyridine rings is 1. The zero-order valence-electron chi connectivity index (χ0n) is 11.0. The van der Waals surface area contributed by atoms with Crippen LogP contribution >= 0.6 is 0 Å². The van der Waals surface area contributed by atoms with Crippen LogP contribution in [0.5, 0.6) is 0 Å². The Hall–Kier alpha value is -1.63. The van der Waals surface area contributed by atoms with Crippen LogP contribution in [-0.2, 0) is 6.18 Å². The van der Waals surface area contributed by atoms with Gasteiger partial charge in [-0.15, -0.1) is 0 Å². The lowest BCUT2D eigenvalue weighted by atomic mass is 9.64. The molecule has 2 rings (SSSR count). The number of rotatable bonds is 2. The number of amides is 1. The molecule has 1 aliphatic rings. The van der Waals surface area contributed by atoms with E-state index in [1.54, 1.807) is 0 Å². The second-order valence-electron chi connectivity index (χ2n) is 5.53. The third-order valence-corrected chi connectivity index (χ3v) is 3.84. The minimum Gasteiger partial charge on any atom is -0.392 e. The van der Waals surface area contributed by atoms with Crippen molar-refractivity contribution in [2.75, 3.05) is 0 Å². The molecule has 20 heavy (non-hydrogen) atoms. The molecule has 1 aromatic heterocycles. The van der Waals surface area contributed by atoms with E-state index in [0.717, 1.165) is 18.3 Å². The van der Waals surface area contributed by atoms with Crippen LogP contribution < -0.4 is 5.32 Å². The van der Waals surface area contributed by atoms with Crippen LogP contribution in [0.1, 0.15) is 36.3 Å². The quantitative estimate of drug-likeness (QED) is 0.875. The van der Waals surface area contributed by atoms with Crippen molar-refractivity contribution >= 4 is 5.91 Å². The van der Waals surface area contributed by atoms with Crippen molar-refractivity contribution in [3.8, 4) is 0 Å². The van der Waals surface area contributed by atoms with Crippen LogP contribution in [0.4, 0.5) is 13.2 Å². The molecule has 0 spiro atoms. The van der Waals surface area contributed by atoms with E-state index in [1.807, 2.05) is 13.8 Å². The zero-order valence-corrected chi connectivity index (χ0v) is 11.0. The Morgan fingerprint density at radius 1 is 1.45 bits per heavy atom. The first-order chi connectivity index (χ1) is 9.12. The standard InChI is InChI=1S/C13H15F3N2O2/c1-12(2)9(5-10(12)19)18-11(20)7-3-4-8(17-6-7)13(14,15)16/h3-4,6,9-10,19H,5H2,1-2H3,(H,18,20). The number of aliphatic hydroxyl groups excluding tert-OH is 1. The Bertz CT molecular complexity index is 511.